The molecular formula is C24H31N2O2+. The van der Waals surface area contributed by atoms with Gasteiger partial charge in [-0.05, 0) is 51.6 Å². The molecule has 28 heavy (non-hydrogen) atoms. The summed E-state index contributed by atoms with van der Waals surface area (Å²) in [4.78, 5) is 11.1. The van der Waals surface area contributed by atoms with Gasteiger partial charge in [-0.1, -0.05) is 76.1 Å². The number of H-pyrrole nitrogens is 1. The third-order valence-corrected chi connectivity index (χ3v) is 5.23. The highest BCUT2D eigenvalue weighted by Gasteiger charge is 2.10. The van der Waals surface area contributed by atoms with E-state index in [1.165, 1.54) is 75.1 Å². The van der Waals surface area contributed by atoms with Crippen LogP contribution in [0.4, 0.5) is 0 Å². The molecule has 148 valence electrons. The van der Waals surface area contributed by atoms with Crippen LogP contribution in [-0.4, -0.2) is 5.27 Å². The maximum Gasteiger partial charge on any atom is 0.427 e. The van der Waals surface area contributed by atoms with Gasteiger partial charge in [0.1, 0.15) is 0 Å². The molecule has 1 heterocycles. The van der Waals surface area contributed by atoms with Crippen molar-refractivity contribution in [2.24, 2.45) is 0 Å². The predicted octanol–water partition coefficient (Wildman–Crippen LogP) is 5.59. The number of benzene rings is 2. The Labute approximate surface area is 167 Å². The number of aromatic nitrogens is 2. The molecule has 3 rings (SSSR count). The monoisotopic (exact) mass is 379 g/mol. The van der Waals surface area contributed by atoms with Gasteiger partial charge in [0.05, 0.1) is 0 Å². The summed E-state index contributed by atoms with van der Waals surface area (Å²) < 4.78 is 6.27. The van der Waals surface area contributed by atoms with Gasteiger partial charge in [0.15, 0.2) is 0 Å². The van der Waals surface area contributed by atoms with Crippen LogP contribution in [0.3, 0.4) is 0 Å². The Morgan fingerprint density at radius 1 is 0.786 bits per heavy atom. The van der Waals surface area contributed by atoms with Gasteiger partial charge in [-0.2, -0.15) is 0 Å². The van der Waals surface area contributed by atoms with Gasteiger partial charge in [0, 0.05) is 12.1 Å². The van der Waals surface area contributed by atoms with Gasteiger partial charge < -0.3 is 0 Å². The smallest absolute Gasteiger partial charge is 0.283 e. The van der Waals surface area contributed by atoms with Crippen molar-refractivity contribution in [3.05, 3.63) is 70.7 Å². The number of nitrogens with zero attached hydrogens (tertiary/aromatic N) is 1. The minimum absolute atomic E-state index is 0.392. The lowest BCUT2D eigenvalue weighted by Crippen LogP contribution is -2.31. The second kappa shape index (κ2) is 10.6. The third-order valence-electron chi connectivity index (χ3n) is 5.23. The molecule has 0 unspecified atom stereocenters. The molecule has 0 bridgehead atoms. The summed E-state index contributed by atoms with van der Waals surface area (Å²) in [5, 5.41) is 2.56. The van der Waals surface area contributed by atoms with Crippen LogP contribution in [0.2, 0.25) is 0 Å². The van der Waals surface area contributed by atoms with Gasteiger partial charge in [-0.25, -0.2) is 4.79 Å². The van der Waals surface area contributed by atoms with E-state index in [0.29, 0.717) is 0 Å². The van der Waals surface area contributed by atoms with Gasteiger partial charge in [0.25, 0.3) is 6.20 Å². The van der Waals surface area contributed by atoms with Crippen LogP contribution >= 0.6 is 0 Å². The van der Waals surface area contributed by atoms with Crippen LogP contribution in [0.25, 0.3) is 16.8 Å². The number of rotatable bonds is 11. The molecule has 1 aromatic heterocycles. The summed E-state index contributed by atoms with van der Waals surface area (Å²) >= 11 is 0. The Morgan fingerprint density at radius 3 is 1.93 bits per heavy atom. The molecule has 0 radical (unpaired) electrons. The van der Waals surface area contributed by atoms with E-state index < -0.39 is 5.63 Å². The van der Waals surface area contributed by atoms with Gasteiger partial charge in [-0.3, -0.25) is 4.52 Å². The number of unbranched alkanes of at least 4 members (excludes halogenated alkanes) is 7. The molecule has 0 spiro atoms. The van der Waals surface area contributed by atoms with E-state index in [1.54, 1.807) is 4.68 Å². The van der Waals surface area contributed by atoms with E-state index in [-0.39, 0.29) is 0 Å². The highest BCUT2D eigenvalue weighted by molar-refractivity contribution is 5.64. The van der Waals surface area contributed by atoms with Gasteiger partial charge in [-0.15, -0.1) is 0 Å². The quantitative estimate of drug-likeness (QED) is 0.348. The minimum atomic E-state index is -0.392. The average molecular weight is 380 g/mol. The van der Waals surface area contributed by atoms with Crippen molar-refractivity contribution in [3.8, 4) is 16.8 Å². The fourth-order valence-corrected chi connectivity index (χ4v) is 3.52. The van der Waals surface area contributed by atoms with Crippen molar-refractivity contribution in [1.82, 2.24) is 5.27 Å². The lowest BCUT2D eigenvalue weighted by Gasteiger charge is -2.05. The second-order valence-corrected chi connectivity index (χ2v) is 7.48. The summed E-state index contributed by atoms with van der Waals surface area (Å²) in [6, 6.07) is 16.9. The predicted molar refractivity (Wildman–Crippen MR) is 113 cm³/mol. The zero-order valence-corrected chi connectivity index (χ0v) is 16.8. The van der Waals surface area contributed by atoms with Gasteiger partial charge in [0.2, 0.25) is 5.69 Å². The first-order valence-electron chi connectivity index (χ1n) is 10.6. The van der Waals surface area contributed by atoms with Crippen LogP contribution in [0.15, 0.2) is 64.0 Å². The molecule has 0 saturated carbocycles. The van der Waals surface area contributed by atoms with Gasteiger partial charge >= 0.3 is 5.63 Å². The number of aromatic amines is 1. The van der Waals surface area contributed by atoms with Crippen molar-refractivity contribution in [2.45, 2.75) is 64.7 Å². The lowest BCUT2D eigenvalue weighted by atomic mass is 10.0. The Bertz CT molecular complexity index is 876. The summed E-state index contributed by atoms with van der Waals surface area (Å²) in [7, 11) is 0. The Balaban J connectivity index is 1.45. The standard InChI is InChI=1S/C24H30N2O2/c1-2-3-4-5-6-7-8-9-10-20-11-13-21(14-12-20)22-15-17-23(18-16-22)26-19-24(27)28-25-26/h11-19H,2-10H2,1H3/p+1. The zero-order chi connectivity index (χ0) is 19.6. The maximum atomic E-state index is 11.1. The fraction of sp³-hybridized carbons (Fsp3) is 0.417. The maximum absolute atomic E-state index is 11.1. The Hall–Kier alpha value is -2.62. The molecule has 4 heteroatoms. The second-order valence-electron chi connectivity index (χ2n) is 7.48. The zero-order valence-electron chi connectivity index (χ0n) is 16.8. The first-order valence-corrected chi connectivity index (χ1v) is 10.6. The van der Waals surface area contributed by atoms with Crippen molar-refractivity contribution >= 4 is 0 Å². The Morgan fingerprint density at radius 2 is 1.36 bits per heavy atom. The van der Waals surface area contributed by atoms with Crippen molar-refractivity contribution < 1.29 is 9.20 Å². The molecule has 0 fully saturated rings. The third kappa shape index (κ3) is 5.95. The molecule has 0 amide bonds. The van der Waals surface area contributed by atoms with Crippen LogP contribution < -0.4 is 10.3 Å². The molecule has 2 aromatic carbocycles. The number of hydrogen-bond acceptors (Lipinski definition) is 2. The molecule has 0 aliphatic carbocycles. The number of aryl methyl sites for hydroxylation is 1. The fourth-order valence-electron chi connectivity index (χ4n) is 3.52. The molecule has 1 N–H and O–H groups in total. The van der Waals surface area contributed by atoms with E-state index in [2.05, 4.69) is 48.6 Å². The number of hydrogen-bond donors (Lipinski definition) is 1. The normalized spacial score (nSPS) is 11.0. The molecule has 0 atom stereocenters. The van der Waals surface area contributed by atoms with Crippen molar-refractivity contribution in [2.75, 3.05) is 0 Å². The largest absolute Gasteiger partial charge is 0.427 e. The van der Waals surface area contributed by atoms with Crippen molar-refractivity contribution in [3.63, 3.8) is 0 Å². The number of nitrogens with one attached hydrogen (secondary N) is 1. The van der Waals surface area contributed by atoms with Crippen LogP contribution in [0.5, 0.6) is 0 Å². The molecule has 3 aromatic rings. The molecule has 0 aliphatic rings. The van der Waals surface area contributed by atoms with Crippen molar-refractivity contribution in [1.29, 1.82) is 0 Å². The lowest BCUT2D eigenvalue weighted by molar-refractivity contribution is -0.670. The highest BCUT2D eigenvalue weighted by Crippen LogP contribution is 2.21. The topological polar surface area (TPSA) is 49.9 Å². The highest BCUT2D eigenvalue weighted by atomic mass is 16.5. The van der Waals surface area contributed by atoms with Crippen LogP contribution in [0, 0.1) is 0 Å². The Kier molecular flexibility index (Phi) is 7.65. The summed E-state index contributed by atoms with van der Waals surface area (Å²) in [5.74, 6) is 0. The van der Waals surface area contributed by atoms with Crippen LogP contribution in [0.1, 0.15) is 63.9 Å². The SMILES string of the molecule is CCCCCCCCCCc1ccc(-c2ccc(-[n+]3cc(=O)o[nH]3)cc2)cc1. The van der Waals surface area contributed by atoms with E-state index in [0.717, 1.165) is 11.3 Å². The first kappa shape index (κ1) is 20.1. The van der Waals surface area contributed by atoms with Crippen LogP contribution in [-0.2, 0) is 6.42 Å². The summed E-state index contributed by atoms with van der Waals surface area (Å²) in [6.45, 7) is 2.27. The minimum Gasteiger partial charge on any atom is -0.283 e. The summed E-state index contributed by atoms with van der Waals surface area (Å²) in [6.07, 6.45) is 13.4. The van der Waals surface area contributed by atoms with E-state index >= 15 is 0 Å². The first-order chi connectivity index (χ1) is 13.8. The molecular weight excluding hydrogens is 348 g/mol. The van der Waals surface area contributed by atoms with E-state index in [4.69, 9.17) is 4.52 Å². The molecule has 0 saturated heterocycles. The van der Waals surface area contributed by atoms with E-state index in [9.17, 15) is 4.79 Å². The molecule has 0 aliphatic heterocycles. The molecule has 4 nitrogen and oxygen atoms in total. The average Bonchev–Trinajstić information content (AvgIpc) is 3.17. The summed E-state index contributed by atoms with van der Waals surface area (Å²) in [5.41, 5.74) is 4.25. The van der Waals surface area contributed by atoms with E-state index in [1.807, 2.05) is 12.1 Å².